The fourth-order valence-corrected chi connectivity index (χ4v) is 2.52. The Hall–Kier alpha value is -1.54. The molecule has 0 atom stereocenters. The molecule has 2 aromatic rings. The number of aromatic nitrogens is 6. The molecule has 0 fully saturated rings. The minimum absolute atomic E-state index is 0.750. The number of H-pyrrole nitrogens is 2. The van der Waals surface area contributed by atoms with Gasteiger partial charge in [0.25, 0.3) is 0 Å². The molecule has 8 heteroatoms. The molecule has 0 bridgehead atoms. The number of nitrogens with one attached hydrogen (secondary N) is 2. The van der Waals surface area contributed by atoms with Gasteiger partial charge in [0.2, 0.25) is 10.3 Å². The number of rotatable bonds is 9. The molecular weight excluding hydrogens is 292 g/mol. The summed E-state index contributed by atoms with van der Waals surface area (Å²) in [6.07, 6.45) is 5.17. The molecule has 0 radical (unpaired) electrons. The SMILES string of the molecule is C=CCSc1n[nH]c(CCc2nc(SCC=C)n[nH]2)n1. The van der Waals surface area contributed by atoms with E-state index in [0.717, 1.165) is 46.3 Å². The maximum Gasteiger partial charge on any atom is 0.208 e. The van der Waals surface area contributed by atoms with Crippen molar-refractivity contribution in [3.63, 3.8) is 0 Å². The van der Waals surface area contributed by atoms with Crippen LogP contribution in [-0.2, 0) is 12.8 Å². The molecule has 0 saturated carbocycles. The van der Waals surface area contributed by atoms with Crippen LogP contribution in [0.15, 0.2) is 35.6 Å². The molecule has 106 valence electrons. The van der Waals surface area contributed by atoms with Crippen LogP contribution in [0, 0.1) is 0 Å². The van der Waals surface area contributed by atoms with E-state index in [1.807, 2.05) is 12.2 Å². The highest BCUT2D eigenvalue weighted by molar-refractivity contribution is 7.99. The van der Waals surface area contributed by atoms with E-state index in [-0.39, 0.29) is 0 Å². The average molecular weight is 308 g/mol. The van der Waals surface area contributed by atoms with Gasteiger partial charge in [-0.1, -0.05) is 35.7 Å². The number of aryl methyl sites for hydroxylation is 2. The minimum Gasteiger partial charge on any atom is -0.262 e. The van der Waals surface area contributed by atoms with E-state index in [4.69, 9.17) is 0 Å². The number of hydrogen-bond acceptors (Lipinski definition) is 6. The molecule has 2 N–H and O–H groups in total. The molecule has 0 aromatic carbocycles. The lowest BCUT2D eigenvalue weighted by Gasteiger charge is -1.92. The second-order valence-electron chi connectivity index (χ2n) is 3.83. The molecule has 0 aliphatic rings. The highest BCUT2D eigenvalue weighted by Gasteiger charge is 2.06. The third-order valence-corrected chi connectivity index (χ3v) is 3.97. The van der Waals surface area contributed by atoms with Gasteiger partial charge in [0.05, 0.1) is 0 Å². The maximum absolute atomic E-state index is 4.39. The van der Waals surface area contributed by atoms with Crippen molar-refractivity contribution in [3.8, 4) is 0 Å². The normalized spacial score (nSPS) is 10.6. The first-order valence-corrected chi connectivity index (χ1v) is 8.09. The lowest BCUT2D eigenvalue weighted by molar-refractivity contribution is 0.813. The van der Waals surface area contributed by atoms with Crippen LogP contribution in [-0.4, -0.2) is 41.9 Å². The van der Waals surface area contributed by atoms with Crippen molar-refractivity contribution in [3.05, 3.63) is 37.0 Å². The summed E-state index contributed by atoms with van der Waals surface area (Å²) in [5.74, 6) is 3.33. The molecule has 2 rings (SSSR count). The fraction of sp³-hybridized carbons (Fsp3) is 0.333. The molecule has 6 nitrogen and oxygen atoms in total. The zero-order valence-corrected chi connectivity index (χ0v) is 12.6. The molecule has 0 saturated heterocycles. The van der Waals surface area contributed by atoms with Crippen molar-refractivity contribution in [2.75, 3.05) is 11.5 Å². The van der Waals surface area contributed by atoms with Crippen molar-refractivity contribution >= 4 is 23.5 Å². The molecule has 0 spiro atoms. The molecule has 2 aromatic heterocycles. The highest BCUT2D eigenvalue weighted by atomic mass is 32.2. The van der Waals surface area contributed by atoms with Gasteiger partial charge in [-0.2, -0.15) is 0 Å². The predicted octanol–water partition coefficient (Wildman–Crippen LogP) is 2.26. The Kier molecular flexibility index (Phi) is 5.87. The van der Waals surface area contributed by atoms with Crippen LogP contribution in [0.3, 0.4) is 0 Å². The Balaban J connectivity index is 1.82. The van der Waals surface area contributed by atoms with Crippen LogP contribution < -0.4 is 0 Å². The van der Waals surface area contributed by atoms with Gasteiger partial charge in [0, 0.05) is 24.3 Å². The summed E-state index contributed by atoms with van der Waals surface area (Å²) in [7, 11) is 0. The van der Waals surface area contributed by atoms with Gasteiger partial charge in [-0.3, -0.25) is 10.2 Å². The number of hydrogen-bond donors (Lipinski definition) is 2. The fourth-order valence-electron chi connectivity index (χ4n) is 1.41. The number of nitrogens with zero attached hydrogens (tertiary/aromatic N) is 4. The standard InChI is InChI=1S/C12H16N6S2/c1-3-7-19-11-13-9(15-17-11)5-6-10-14-12(18-16-10)20-8-4-2/h3-4H,1-2,5-8H2,(H,13,15,17)(H,14,16,18). The van der Waals surface area contributed by atoms with Crippen molar-refractivity contribution in [2.24, 2.45) is 0 Å². The number of thioether (sulfide) groups is 2. The van der Waals surface area contributed by atoms with E-state index in [1.165, 1.54) is 0 Å². The summed E-state index contributed by atoms with van der Waals surface area (Å²) in [5, 5.41) is 15.6. The molecule has 20 heavy (non-hydrogen) atoms. The second-order valence-corrected chi connectivity index (χ2v) is 5.80. The van der Waals surface area contributed by atoms with Crippen LogP contribution in [0.5, 0.6) is 0 Å². The van der Waals surface area contributed by atoms with Gasteiger partial charge < -0.3 is 0 Å². The van der Waals surface area contributed by atoms with Crippen LogP contribution in [0.1, 0.15) is 11.6 Å². The lowest BCUT2D eigenvalue weighted by atomic mass is 10.3. The topological polar surface area (TPSA) is 83.1 Å². The third-order valence-electron chi connectivity index (χ3n) is 2.28. The predicted molar refractivity (Wildman–Crippen MR) is 82.0 cm³/mol. The van der Waals surface area contributed by atoms with Gasteiger partial charge in [0.15, 0.2) is 0 Å². The Labute approximate surface area is 126 Å². The minimum atomic E-state index is 0.750. The first kappa shape index (κ1) is 14.9. The van der Waals surface area contributed by atoms with Crippen molar-refractivity contribution in [1.82, 2.24) is 30.4 Å². The Morgan fingerprint density at radius 3 is 1.70 bits per heavy atom. The van der Waals surface area contributed by atoms with Gasteiger partial charge in [-0.05, 0) is 0 Å². The molecular formula is C12H16N6S2. The van der Waals surface area contributed by atoms with Crippen molar-refractivity contribution in [2.45, 2.75) is 23.2 Å². The molecule has 0 amide bonds. The van der Waals surface area contributed by atoms with Crippen LogP contribution >= 0.6 is 23.5 Å². The van der Waals surface area contributed by atoms with E-state index >= 15 is 0 Å². The van der Waals surface area contributed by atoms with Gasteiger partial charge in [-0.15, -0.1) is 23.4 Å². The average Bonchev–Trinajstić information content (AvgIpc) is 3.10. The molecule has 0 unspecified atom stereocenters. The van der Waals surface area contributed by atoms with Crippen molar-refractivity contribution < 1.29 is 0 Å². The summed E-state index contributed by atoms with van der Waals surface area (Å²) in [5.41, 5.74) is 0. The third kappa shape index (κ3) is 4.53. The monoisotopic (exact) mass is 308 g/mol. The van der Waals surface area contributed by atoms with Gasteiger partial charge >= 0.3 is 0 Å². The zero-order valence-electron chi connectivity index (χ0n) is 11.0. The largest absolute Gasteiger partial charge is 0.262 e. The summed E-state index contributed by atoms with van der Waals surface area (Å²) < 4.78 is 0. The Bertz CT molecular complexity index is 512. The highest BCUT2D eigenvalue weighted by Crippen LogP contribution is 2.14. The van der Waals surface area contributed by atoms with Crippen molar-refractivity contribution in [1.29, 1.82) is 0 Å². The van der Waals surface area contributed by atoms with E-state index in [1.54, 1.807) is 23.5 Å². The molecule has 0 aliphatic heterocycles. The van der Waals surface area contributed by atoms with Crippen LogP contribution in [0.2, 0.25) is 0 Å². The smallest absolute Gasteiger partial charge is 0.208 e. The van der Waals surface area contributed by atoms with E-state index < -0.39 is 0 Å². The lowest BCUT2D eigenvalue weighted by Crippen LogP contribution is -1.95. The van der Waals surface area contributed by atoms with E-state index in [9.17, 15) is 0 Å². The van der Waals surface area contributed by atoms with Crippen LogP contribution in [0.4, 0.5) is 0 Å². The number of aromatic amines is 2. The van der Waals surface area contributed by atoms with Crippen LogP contribution in [0.25, 0.3) is 0 Å². The summed E-state index contributed by atoms with van der Waals surface area (Å²) in [6.45, 7) is 7.34. The van der Waals surface area contributed by atoms with Gasteiger partial charge in [-0.25, -0.2) is 9.97 Å². The zero-order chi connectivity index (χ0) is 14.2. The Morgan fingerprint density at radius 1 is 0.850 bits per heavy atom. The first-order valence-electron chi connectivity index (χ1n) is 6.11. The summed E-state index contributed by atoms with van der Waals surface area (Å²) in [4.78, 5) is 8.77. The van der Waals surface area contributed by atoms with E-state index in [0.29, 0.717) is 0 Å². The summed E-state index contributed by atoms with van der Waals surface area (Å²) >= 11 is 3.11. The molecule has 2 heterocycles. The van der Waals surface area contributed by atoms with E-state index in [2.05, 4.69) is 43.5 Å². The maximum atomic E-state index is 4.39. The molecule has 0 aliphatic carbocycles. The summed E-state index contributed by atoms with van der Waals surface area (Å²) in [6, 6.07) is 0. The Morgan fingerprint density at radius 2 is 1.30 bits per heavy atom. The first-order chi connectivity index (χ1) is 9.81. The second kappa shape index (κ2) is 7.91. The van der Waals surface area contributed by atoms with Gasteiger partial charge in [0.1, 0.15) is 11.6 Å². The quantitative estimate of drug-likeness (QED) is 0.546.